The molecule has 0 amide bonds. The SMILES string of the molecule is CCCCc1ccc(Nc2ncnc(NNc3ccccc3)c2N)cc1. The van der Waals surface area contributed by atoms with Crippen molar-refractivity contribution in [3.8, 4) is 0 Å². The molecule has 0 saturated carbocycles. The summed E-state index contributed by atoms with van der Waals surface area (Å²) in [7, 11) is 0. The first-order valence-electron chi connectivity index (χ1n) is 8.79. The van der Waals surface area contributed by atoms with Gasteiger partial charge in [0.1, 0.15) is 12.0 Å². The highest BCUT2D eigenvalue weighted by Gasteiger charge is 2.08. The zero-order chi connectivity index (χ0) is 18.2. The number of hydrogen-bond donors (Lipinski definition) is 4. The van der Waals surface area contributed by atoms with E-state index in [1.54, 1.807) is 0 Å². The summed E-state index contributed by atoms with van der Waals surface area (Å²) in [6.07, 6.45) is 4.98. The van der Waals surface area contributed by atoms with Crippen LogP contribution in [0.3, 0.4) is 0 Å². The summed E-state index contributed by atoms with van der Waals surface area (Å²) in [5.74, 6) is 1.09. The number of aryl methyl sites for hydroxylation is 1. The number of nitrogens with zero attached hydrogens (tertiary/aromatic N) is 2. The molecule has 0 aliphatic carbocycles. The van der Waals surface area contributed by atoms with Crippen LogP contribution < -0.4 is 21.9 Å². The number of para-hydroxylation sites is 1. The fourth-order valence-corrected chi connectivity index (χ4v) is 2.52. The lowest BCUT2D eigenvalue weighted by Gasteiger charge is -2.14. The van der Waals surface area contributed by atoms with Gasteiger partial charge < -0.3 is 11.1 Å². The lowest BCUT2D eigenvalue weighted by atomic mass is 10.1. The number of hydrazine groups is 1. The first kappa shape index (κ1) is 17.5. The number of aromatic nitrogens is 2. The normalized spacial score (nSPS) is 10.3. The maximum absolute atomic E-state index is 6.20. The molecule has 134 valence electrons. The number of nitrogens with two attached hydrogens (primary N) is 1. The molecule has 5 N–H and O–H groups in total. The van der Waals surface area contributed by atoms with Gasteiger partial charge in [0.15, 0.2) is 11.6 Å². The molecule has 0 fully saturated rings. The van der Waals surface area contributed by atoms with E-state index in [0.29, 0.717) is 17.3 Å². The average Bonchev–Trinajstić information content (AvgIpc) is 2.69. The predicted molar refractivity (Wildman–Crippen MR) is 108 cm³/mol. The minimum absolute atomic E-state index is 0.450. The molecule has 0 aliphatic heterocycles. The molecule has 0 spiro atoms. The molecular weight excluding hydrogens is 324 g/mol. The Bertz CT molecular complexity index is 817. The summed E-state index contributed by atoms with van der Waals surface area (Å²) in [4.78, 5) is 8.44. The standard InChI is InChI=1S/C20H24N6/c1-2-3-7-15-10-12-16(13-11-15)24-19-18(21)20(23-14-22-19)26-25-17-8-5-4-6-9-17/h4-6,8-14,25H,2-3,7,21H2,1H3,(H2,22,23,24,26). The molecule has 0 radical (unpaired) electrons. The minimum Gasteiger partial charge on any atom is -0.393 e. The molecule has 0 bridgehead atoms. The zero-order valence-electron chi connectivity index (χ0n) is 14.9. The van der Waals surface area contributed by atoms with Crippen LogP contribution in [-0.2, 0) is 6.42 Å². The number of rotatable bonds is 8. The Morgan fingerprint density at radius 3 is 2.31 bits per heavy atom. The van der Waals surface area contributed by atoms with Crippen molar-refractivity contribution in [3.63, 3.8) is 0 Å². The molecule has 26 heavy (non-hydrogen) atoms. The lowest BCUT2D eigenvalue weighted by molar-refractivity contribution is 0.795. The van der Waals surface area contributed by atoms with Crippen LogP contribution in [0.15, 0.2) is 60.9 Å². The number of hydrogen-bond acceptors (Lipinski definition) is 6. The van der Waals surface area contributed by atoms with E-state index in [2.05, 4.69) is 45.2 Å². The predicted octanol–water partition coefficient (Wildman–Crippen LogP) is 4.58. The fourth-order valence-electron chi connectivity index (χ4n) is 2.52. The summed E-state index contributed by atoms with van der Waals surface area (Å²) >= 11 is 0. The first-order chi connectivity index (χ1) is 12.8. The Kier molecular flexibility index (Phi) is 5.88. The molecule has 0 atom stereocenters. The maximum atomic E-state index is 6.20. The second-order valence-electron chi connectivity index (χ2n) is 6.03. The minimum atomic E-state index is 0.450. The van der Waals surface area contributed by atoms with Crippen LogP contribution >= 0.6 is 0 Å². The van der Waals surface area contributed by atoms with Crippen molar-refractivity contribution < 1.29 is 0 Å². The van der Waals surface area contributed by atoms with Gasteiger partial charge in [0.2, 0.25) is 0 Å². The Balaban J connectivity index is 1.66. The van der Waals surface area contributed by atoms with Crippen LogP contribution in [0.1, 0.15) is 25.3 Å². The molecule has 0 saturated heterocycles. The highest BCUT2D eigenvalue weighted by molar-refractivity contribution is 5.78. The third-order valence-corrected chi connectivity index (χ3v) is 4.02. The number of anilines is 5. The fraction of sp³-hybridized carbons (Fsp3) is 0.200. The van der Waals surface area contributed by atoms with Gasteiger partial charge in [0.25, 0.3) is 0 Å². The third-order valence-electron chi connectivity index (χ3n) is 4.02. The van der Waals surface area contributed by atoms with E-state index in [1.165, 1.54) is 24.7 Å². The van der Waals surface area contributed by atoms with E-state index in [-0.39, 0.29) is 0 Å². The van der Waals surface area contributed by atoms with Crippen LogP contribution in [0.2, 0.25) is 0 Å². The number of nitrogens with one attached hydrogen (secondary N) is 3. The summed E-state index contributed by atoms with van der Waals surface area (Å²) in [5.41, 5.74) is 15.9. The van der Waals surface area contributed by atoms with Gasteiger partial charge in [-0.2, -0.15) is 0 Å². The molecule has 0 aliphatic rings. The van der Waals surface area contributed by atoms with Gasteiger partial charge in [-0.3, -0.25) is 10.9 Å². The van der Waals surface area contributed by atoms with Gasteiger partial charge in [0, 0.05) is 5.69 Å². The Hall–Kier alpha value is -3.28. The van der Waals surface area contributed by atoms with Crippen LogP contribution in [0.4, 0.5) is 28.7 Å². The van der Waals surface area contributed by atoms with Crippen LogP contribution in [0, 0.1) is 0 Å². The van der Waals surface area contributed by atoms with E-state index in [1.807, 2.05) is 42.5 Å². The summed E-state index contributed by atoms with van der Waals surface area (Å²) < 4.78 is 0. The van der Waals surface area contributed by atoms with Crippen molar-refractivity contribution in [1.29, 1.82) is 0 Å². The van der Waals surface area contributed by atoms with Gasteiger partial charge in [-0.1, -0.05) is 43.7 Å². The second-order valence-corrected chi connectivity index (χ2v) is 6.03. The van der Waals surface area contributed by atoms with Gasteiger partial charge in [-0.05, 0) is 42.7 Å². The van der Waals surface area contributed by atoms with Gasteiger partial charge in [-0.25, -0.2) is 9.97 Å². The molecular formula is C20H24N6. The van der Waals surface area contributed by atoms with Crippen molar-refractivity contribution in [2.75, 3.05) is 21.9 Å². The maximum Gasteiger partial charge on any atom is 0.173 e. The Labute approximate surface area is 153 Å². The van der Waals surface area contributed by atoms with Gasteiger partial charge in [-0.15, -0.1) is 0 Å². The molecule has 3 rings (SSSR count). The zero-order valence-corrected chi connectivity index (χ0v) is 14.9. The average molecular weight is 348 g/mol. The third kappa shape index (κ3) is 4.63. The van der Waals surface area contributed by atoms with Crippen molar-refractivity contribution in [2.45, 2.75) is 26.2 Å². The highest BCUT2D eigenvalue weighted by atomic mass is 15.4. The van der Waals surface area contributed by atoms with Crippen molar-refractivity contribution in [3.05, 3.63) is 66.5 Å². The van der Waals surface area contributed by atoms with Crippen LogP contribution in [-0.4, -0.2) is 9.97 Å². The Morgan fingerprint density at radius 2 is 1.58 bits per heavy atom. The smallest absolute Gasteiger partial charge is 0.173 e. The molecule has 0 unspecified atom stereocenters. The molecule has 6 heteroatoms. The molecule has 6 nitrogen and oxygen atoms in total. The largest absolute Gasteiger partial charge is 0.393 e. The van der Waals surface area contributed by atoms with E-state index >= 15 is 0 Å². The summed E-state index contributed by atoms with van der Waals surface area (Å²) in [6.45, 7) is 2.20. The quantitative estimate of drug-likeness (QED) is 0.446. The van der Waals surface area contributed by atoms with E-state index in [9.17, 15) is 0 Å². The van der Waals surface area contributed by atoms with Crippen molar-refractivity contribution in [1.82, 2.24) is 9.97 Å². The molecule has 1 aromatic heterocycles. The van der Waals surface area contributed by atoms with Crippen molar-refractivity contribution >= 4 is 28.7 Å². The molecule has 3 aromatic rings. The van der Waals surface area contributed by atoms with Crippen molar-refractivity contribution in [2.24, 2.45) is 0 Å². The summed E-state index contributed by atoms with van der Waals surface area (Å²) in [5, 5.41) is 3.25. The first-order valence-corrected chi connectivity index (χ1v) is 8.79. The lowest BCUT2D eigenvalue weighted by Crippen LogP contribution is -2.13. The number of benzene rings is 2. The van der Waals surface area contributed by atoms with Crippen LogP contribution in [0.5, 0.6) is 0 Å². The van der Waals surface area contributed by atoms with E-state index in [4.69, 9.17) is 5.73 Å². The van der Waals surface area contributed by atoms with Gasteiger partial charge >= 0.3 is 0 Å². The monoisotopic (exact) mass is 348 g/mol. The van der Waals surface area contributed by atoms with E-state index < -0.39 is 0 Å². The number of nitrogen functional groups attached to an aromatic ring is 1. The summed E-state index contributed by atoms with van der Waals surface area (Å²) in [6, 6.07) is 18.1. The van der Waals surface area contributed by atoms with E-state index in [0.717, 1.165) is 17.8 Å². The van der Waals surface area contributed by atoms with Crippen LogP contribution in [0.25, 0.3) is 0 Å². The second kappa shape index (κ2) is 8.71. The molecule has 2 aromatic carbocycles. The topological polar surface area (TPSA) is 87.9 Å². The highest BCUT2D eigenvalue weighted by Crippen LogP contribution is 2.26. The molecule has 1 heterocycles. The van der Waals surface area contributed by atoms with Gasteiger partial charge in [0.05, 0.1) is 5.69 Å². The Morgan fingerprint density at radius 1 is 0.846 bits per heavy atom. The number of unbranched alkanes of at least 4 members (excludes halogenated alkanes) is 1.